The SMILES string of the molecule is CCCCCc1cnc([C@H]2CC[C@H](C)CC2)nc1. The Morgan fingerprint density at radius 2 is 1.72 bits per heavy atom. The van der Waals surface area contributed by atoms with Gasteiger partial charge in [0.05, 0.1) is 0 Å². The smallest absolute Gasteiger partial charge is 0.131 e. The van der Waals surface area contributed by atoms with Crippen molar-refractivity contribution in [2.75, 3.05) is 0 Å². The van der Waals surface area contributed by atoms with Crippen LogP contribution in [-0.4, -0.2) is 9.97 Å². The molecule has 0 bridgehead atoms. The van der Waals surface area contributed by atoms with E-state index in [4.69, 9.17) is 0 Å². The molecule has 2 rings (SSSR count). The molecule has 18 heavy (non-hydrogen) atoms. The molecule has 0 unspecified atom stereocenters. The quantitative estimate of drug-likeness (QED) is 0.715. The van der Waals surface area contributed by atoms with Crippen LogP contribution < -0.4 is 0 Å². The molecule has 0 aromatic carbocycles. The first-order valence-corrected chi connectivity index (χ1v) is 7.60. The first kappa shape index (κ1) is 13.5. The van der Waals surface area contributed by atoms with Crippen molar-refractivity contribution in [3.05, 3.63) is 23.8 Å². The molecule has 0 amide bonds. The molecule has 0 radical (unpaired) electrons. The van der Waals surface area contributed by atoms with Gasteiger partial charge in [0.2, 0.25) is 0 Å². The van der Waals surface area contributed by atoms with E-state index < -0.39 is 0 Å². The summed E-state index contributed by atoms with van der Waals surface area (Å²) in [7, 11) is 0. The van der Waals surface area contributed by atoms with E-state index in [2.05, 4.69) is 36.2 Å². The van der Waals surface area contributed by atoms with Crippen molar-refractivity contribution in [3.63, 3.8) is 0 Å². The first-order valence-electron chi connectivity index (χ1n) is 7.60. The summed E-state index contributed by atoms with van der Waals surface area (Å²) < 4.78 is 0. The zero-order valence-corrected chi connectivity index (χ0v) is 11.9. The summed E-state index contributed by atoms with van der Waals surface area (Å²) in [5.74, 6) is 2.60. The molecule has 1 heterocycles. The maximum Gasteiger partial charge on any atom is 0.131 e. The average Bonchev–Trinajstić information content (AvgIpc) is 2.41. The lowest BCUT2D eigenvalue weighted by molar-refractivity contribution is 0.339. The Bertz CT molecular complexity index is 337. The molecule has 1 aliphatic rings. The van der Waals surface area contributed by atoms with Gasteiger partial charge in [-0.25, -0.2) is 9.97 Å². The van der Waals surface area contributed by atoms with E-state index in [0.717, 1.165) is 18.2 Å². The molecule has 0 spiro atoms. The minimum absolute atomic E-state index is 0.617. The Labute approximate surface area is 111 Å². The zero-order valence-electron chi connectivity index (χ0n) is 11.9. The lowest BCUT2D eigenvalue weighted by Crippen LogP contribution is -2.13. The summed E-state index contributed by atoms with van der Waals surface area (Å²) in [6, 6.07) is 0. The molecule has 0 aliphatic heterocycles. The summed E-state index contributed by atoms with van der Waals surface area (Å²) in [5.41, 5.74) is 1.30. The van der Waals surface area contributed by atoms with E-state index >= 15 is 0 Å². The van der Waals surface area contributed by atoms with Gasteiger partial charge in [-0.1, -0.05) is 39.5 Å². The van der Waals surface area contributed by atoms with E-state index in [1.807, 2.05) is 0 Å². The van der Waals surface area contributed by atoms with Gasteiger partial charge in [0.25, 0.3) is 0 Å². The predicted molar refractivity (Wildman–Crippen MR) is 75.6 cm³/mol. The second-order valence-corrected chi connectivity index (χ2v) is 5.86. The topological polar surface area (TPSA) is 25.8 Å². The maximum absolute atomic E-state index is 4.60. The molecule has 0 atom stereocenters. The Morgan fingerprint density at radius 1 is 1.06 bits per heavy atom. The van der Waals surface area contributed by atoms with Crippen LogP contribution >= 0.6 is 0 Å². The monoisotopic (exact) mass is 246 g/mol. The van der Waals surface area contributed by atoms with Crippen molar-refractivity contribution in [1.82, 2.24) is 9.97 Å². The fourth-order valence-corrected chi connectivity index (χ4v) is 2.80. The number of hydrogen-bond acceptors (Lipinski definition) is 2. The molecule has 0 N–H and O–H groups in total. The minimum Gasteiger partial charge on any atom is -0.241 e. The molecule has 1 fully saturated rings. The summed E-state index contributed by atoms with van der Waals surface area (Å²) in [6.07, 6.45) is 14.3. The standard InChI is InChI=1S/C16H26N2/c1-3-4-5-6-14-11-17-16(18-12-14)15-9-7-13(2)8-10-15/h11-13,15H,3-10H2,1-2H3/t13-,15-. The normalized spacial score (nSPS) is 24.1. The third-order valence-corrected chi connectivity index (χ3v) is 4.18. The van der Waals surface area contributed by atoms with Gasteiger partial charge in [-0.2, -0.15) is 0 Å². The van der Waals surface area contributed by atoms with Gasteiger partial charge < -0.3 is 0 Å². The van der Waals surface area contributed by atoms with Gasteiger partial charge in [-0.15, -0.1) is 0 Å². The van der Waals surface area contributed by atoms with Gasteiger partial charge in [0.15, 0.2) is 0 Å². The maximum atomic E-state index is 4.60. The molecule has 0 saturated heterocycles. The van der Waals surface area contributed by atoms with Crippen LogP contribution in [-0.2, 0) is 6.42 Å². The molecule has 2 heteroatoms. The number of rotatable bonds is 5. The van der Waals surface area contributed by atoms with Crippen molar-refractivity contribution in [1.29, 1.82) is 0 Å². The highest BCUT2D eigenvalue weighted by molar-refractivity contribution is 5.08. The highest BCUT2D eigenvalue weighted by Gasteiger charge is 2.21. The van der Waals surface area contributed by atoms with Gasteiger partial charge in [-0.3, -0.25) is 0 Å². The molecule has 1 aromatic rings. The van der Waals surface area contributed by atoms with Crippen LogP contribution in [0, 0.1) is 5.92 Å². The predicted octanol–water partition coefficient (Wildman–Crippen LogP) is 4.50. The van der Waals surface area contributed by atoms with Crippen LogP contribution in [0.5, 0.6) is 0 Å². The number of aryl methyl sites for hydroxylation is 1. The van der Waals surface area contributed by atoms with E-state index in [1.165, 1.54) is 50.5 Å². The lowest BCUT2D eigenvalue weighted by atomic mass is 9.82. The summed E-state index contributed by atoms with van der Waals surface area (Å²) in [5, 5.41) is 0. The summed E-state index contributed by atoms with van der Waals surface area (Å²) >= 11 is 0. The first-order chi connectivity index (χ1) is 8.79. The Hall–Kier alpha value is -0.920. The largest absolute Gasteiger partial charge is 0.241 e. The number of hydrogen-bond donors (Lipinski definition) is 0. The van der Waals surface area contributed by atoms with Crippen molar-refractivity contribution >= 4 is 0 Å². The second kappa shape index (κ2) is 6.86. The van der Waals surface area contributed by atoms with Crippen LogP contribution in [0.1, 0.15) is 76.1 Å². The molecule has 2 nitrogen and oxygen atoms in total. The van der Waals surface area contributed by atoms with Crippen molar-refractivity contribution in [3.8, 4) is 0 Å². The molecule has 1 aromatic heterocycles. The van der Waals surface area contributed by atoms with Gasteiger partial charge in [-0.05, 0) is 37.2 Å². The molecule has 100 valence electrons. The van der Waals surface area contributed by atoms with Crippen LogP contribution in [0.3, 0.4) is 0 Å². The van der Waals surface area contributed by atoms with E-state index in [0.29, 0.717) is 5.92 Å². The van der Waals surface area contributed by atoms with Crippen LogP contribution in [0.2, 0.25) is 0 Å². The molecule has 1 saturated carbocycles. The number of unbranched alkanes of at least 4 members (excludes halogenated alkanes) is 2. The molecule has 1 aliphatic carbocycles. The number of aromatic nitrogens is 2. The Morgan fingerprint density at radius 3 is 2.33 bits per heavy atom. The summed E-state index contributed by atoms with van der Waals surface area (Å²) in [6.45, 7) is 4.59. The Kier molecular flexibility index (Phi) is 5.15. The highest BCUT2D eigenvalue weighted by atomic mass is 14.9. The van der Waals surface area contributed by atoms with Gasteiger partial charge >= 0.3 is 0 Å². The van der Waals surface area contributed by atoms with Crippen LogP contribution in [0.15, 0.2) is 12.4 Å². The minimum atomic E-state index is 0.617. The third-order valence-electron chi connectivity index (χ3n) is 4.18. The average molecular weight is 246 g/mol. The second-order valence-electron chi connectivity index (χ2n) is 5.86. The van der Waals surface area contributed by atoms with Crippen molar-refractivity contribution < 1.29 is 0 Å². The third kappa shape index (κ3) is 3.79. The zero-order chi connectivity index (χ0) is 12.8. The van der Waals surface area contributed by atoms with E-state index in [-0.39, 0.29) is 0 Å². The van der Waals surface area contributed by atoms with E-state index in [1.54, 1.807) is 0 Å². The van der Waals surface area contributed by atoms with Crippen LogP contribution in [0.4, 0.5) is 0 Å². The van der Waals surface area contributed by atoms with Crippen LogP contribution in [0.25, 0.3) is 0 Å². The molecular formula is C16H26N2. The fraction of sp³-hybridized carbons (Fsp3) is 0.750. The van der Waals surface area contributed by atoms with Gasteiger partial charge in [0, 0.05) is 18.3 Å². The van der Waals surface area contributed by atoms with Crippen molar-refractivity contribution in [2.24, 2.45) is 5.92 Å². The number of nitrogens with zero attached hydrogens (tertiary/aromatic N) is 2. The van der Waals surface area contributed by atoms with E-state index in [9.17, 15) is 0 Å². The fourth-order valence-electron chi connectivity index (χ4n) is 2.80. The van der Waals surface area contributed by atoms with Gasteiger partial charge in [0.1, 0.15) is 5.82 Å². The van der Waals surface area contributed by atoms with Crippen molar-refractivity contribution in [2.45, 2.75) is 71.1 Å². The Balaban J connectivity index is 1.87. The highest BCUT2D eigenvalue weighted by Crippen LogP contribution is 2.33. The molecular weight excluding hydrogens is 220 g/mol. The summed E-state index contributed by atoms with van der Waals surface area (Å²) in [4.78, 5) is 9.19. The lowest BCUT2D eigenvalue weighted by Gasteiger charge is -2.24.